The second kappa shape index (κ2) is 12.1. The number of aliphatic hydroxyl groups is 2. The highest BCUT2D eigenvalue weighted by molar-refractivity contribution is 7.80. The molecule has 0 fully saturated rings. The standard InChI is InChI=1S/C16H26N6O7S/c1-7(24)12(16(28)29)22-14(26)10(2-8-3-18-6-19-8)20-15(27)11(4-23)21-13(25)9(17)5-30/h3,6-7,9-12,23-24,30H,2,4-5,17H2,1H3,(H,18,19)(H,20,27)(H,21,25)(H,22,26)(H,28,29). The van der Waals surface area contributed by atoms with E-state index >= 15 is 0 Å². The van der Waals surface area contributed by atoms with E-state index < -0.39 is 60.6 Å². The fourth-order valence-corrected chi connectivity index (χ4v) is 2.46. The normalized spacial score (nSPS) is 15.9. The molecule has 13 nitrogen and oxygen atoms in total. The van der Waals surface area contributed by atoms with Gasteiger partial charge in [0.2, 0.25) is 17.7 Å². The molecule has 9 N–H and O–H groups in total. The molecule has 1 aromatic heterocycles. The van der Waals surface area contributed by atoms with E-state index in [2.05, 4.69) is 38.5 Å². The van der Waals surface area contributed by atoms with Crippen LogP contribution in [0.1, 0.15) is 12.6 Å². The predicted molar refractivity (Wildman–Crippen MR) is 106 cm³/mol. The molecule has 0 spiro atoms. The van der Waals surface area contributed by atoms with Crippen molar-refractivity contribution in [3.63, 3.8) is 0 Å². The number of aliphatic carboxylic acids is 1. The van der Waals surface area contributed by atoms with Gasteiger partial charge in [-0.15, -0.1) is 0 Å². The van der Waals surface area contributed by atoms with Crippen molar-refractivity contribution >= 4 is 36.3 Å². The number of thiol groups is 1. The molecule has 3 amide bonds. The Morgan fingerprint density at radius 2 is 1.77 bits per heavy atom. The summed E-state index contributed by atoms with van der Waals surface area (Å²) in [6, 6.07) is -5.34. The SMILES string of the molecule is CC(O)C(NC(=O)C(Cc1cnc[nH]1)NC(=O)C(CO)NC(=O)C(N)CS)C(=O)O. The maximum atomic E-state index is 12.6. The molecule has 168 valence electrons. The van der Waals surface area contributed by atoms with Crippen molar-refractivity contribution in [2.75, 3.05) is 12.4 Å². The largest absolute Gasteiger partial charge is 0.480 e. The number of carboxylic acid groups (broad SMARTS) is 1. The zero-order chi connectivity index (χ0) is 22.8. The summed E-state index contributed by atoms with van der Waals surface area (Å²) in [5.74, 6) is -3.99. The van der Waals surface area contributed by atoms with Gasteiger partial charge >= 0.3 is 5.97 Å². The number of rotatable bonds is 12. The van der Waals surface area contributed by atoms with Crippen LogP contribution in [0.5, 0.6) is 0 Å². The van der Waals surface area contributed by atoms with Crippen LogP contribution in [-0.2, 0) is 25.6 Å². The number of H-pyrrole nitrogens is 1. The molecule has 0 saturated heterocycles. The molecule has 0 aliphatic rings. The summed E-state index contributed by atoms with van der Waals surface area (Å²) in [7, 11) is 0. The first kappa shape index (κ1) is 25.4. The van der Waals surface area contributed by atoms with Gasteiger partial charge in [0, 0.05) is 24.1 Å². The van der Waals surface area contributed by atoms with E-state index in [0.29, 0.717) is 5.69 Å². The molecule has 0 aliphatic heterocycles. The molecule has 0 saturated carbocycles. The van der Waals surface area contributed by atoms with Crippen LogP contribution < -0.4 is 21.7 Å². The smallest absolute Gasteiger partial charge is 0.328 e. The third-order valence-electron chi connectivity index (χ3n) is 4.01. The number of aliphatic hydroxyl groups excluding tert-OH is 2. The molecule has 0 bridgehead atoms. The number of aromatic amines is 1. The van der Waals surface area contributed by atoms with Crippen LogP contribution in [0.4, 0.5) is 0 Å². The van der Waals surface area contributed by atoms with E-state index in [9.17, 15) is 29.4 Å². The number of nitrogens with one attached hydrogen (secondary N) is 4. The van der Waals surface area contributed by atoms with Crippen molar-refractivity contribution in [3.05, 3.63) is 18.2 Å². The van der Waals surface area contributed by atoms with Gasteiger partial charge in [0.05, 0.1) is 25.1 Å². The molecule has 5 unspecified atom stereocenters. The highest BCUT2D eigenvalue weighted by atomic mass is 32.1. The number of hydrogen-bond donors (Lipinski definition) is 9. The Morgan fingerprint density at radius 1 is 1.17 bits per heavy atom. The van der Waals surface area contributed by atoms with Crippen molar-refractivity contribution in [2.45, 2.75) is 43.6 Å². The van der Waals surface area contributed by atoms with Crippen LogP contribution in [0.15, 0.2) is 12.5 Å². The van der Waals surface area contributed by atoms with E-state index in [0.717, 1.165) is 0 Å². The van der Waals surface area contributed by atoms with Gasteiger partial charge in [0.25, 0.3) is 0 Å². The first-order valence-corrected chi connectivity index (χ1v) is 9.50. The molecular weight excluding hydrogens is 420 g/mol. The lowest BCUT2D eigenvalue weighted by molar-refractivity contribution is -0.145. The second-order valence-electron chi connectivity index (χ2n) is 6.44. The van der Waals surface area contributed by atoms with Crippen LogP contribution >= 0.6 is 12.6 Å². The van der Waals surface area contributed by atoms with E-state index in [1.165, 1.54) is 19.4 Å². The minimum atomic E-state index is -1.61. The van der Waals surface area contributed by atoms with Crippen molar-refractivity contribution < 1.29 is 34.5 Å². The Hall–Kier alpha value is -2.68. The zero-order valence-corrected chi connectivity index (χ0v) is 17.0. The zero-order valence-electron chi connectivity index (χ0n) is 16.1. The van der Waals surface area contributed by atoms with Crippen molar-refractivity contribution in [3.8, 4) is 0 Å². The number of carbonyl (C=O) groups excluding carboxylic acids is 3. The van der Waals surface area contributed by atoms with Crippen LogP contribution in [0, 0.1) is 0 Å². The average Bonchev–Trinajstić information content (AvgIpc) is 3.20. The molecule has 14 heteroatoms. The molecule has 5 atom stereocenters. The lowest BCUT2D eigenvalue weighted by Crippen LogP contribution is -2.59. The number of nitrogens with zero attached hydrogens (tertiary/aromatic N) is 1. The molecule has 1 heterocycles. The first-order chi connectivity index (χ1) is 14.1. The average molecular weight is 446 g/mol. The summed E-state index contributed by atoms with van der Waals surface area (Å²) < 4.78 is 0. The number of aromatic nitrogens is 2. The Bertz CT molecular complexity index is 730. The molecule has 0 aromatic carbocycles. The van der Waals surface area contributed by atoms with E-state index in [4.69, 9.17) is 10.8 Å². The number of hydrogen-bond acceptors (Lipinski definition) is 9. The number of amides is 3. The minimum Gasteiger partial charge on any atom is -0.480 e. The summed E-state index contributed by atoms with van der Waals surface area (Å²) >= 11 is 3.88. The highest BCUT2D eigenvalue weighted by Crippen LogP contribution is 2.02. The molecule has 0 radical (unpaired) electrons. The van der Waals surface area contributed by atoms with E-state index in [-0.39, 0.29) is 12.2 Å². The highest BCUT2D eigenvalue weighted by Gasteiger charge is 2.32. The summed E-state index contributed by atoms with van der Waals surface area (Å²) in [5.41, 5.74) is 5.96. The Labute approximate surface area is 177 Å². The molecule has 30 heavy (non-hydrogen) atoms. The Balaban J connectivity index is 2.96. The maximum Gasteiger partial charge on any atom is 0.328 e. The van der Waals surface area contributed by atoms with Crippen LogP contribution in [-0.4, -0.2) is 91.6 Å². The third-order valence-corrected chi connectivity index (χ3v) is 4.40. The van der Waals surface area contributed by atoms with Gasteiger partial charge in [-0.25, -0.2) is 9.78 Å². The van der Waals surface area contributed by atoms with E-state index in [1.807, 2.05) is 0 Å². The van der Waals surface area contributed by atoms with Gasteiger partial charge in [-0.1, -0.05) is 0 Å². The number of nitrogens with two attached hydrogens (primary N) is 1. The number of imidazole rings is 1. The van der Waals surface area contributed by atoms with Gasteiger partial charge in [-0.05, 0) is 6.92 Å². The summed E-state index contributed by atoms with van der Waals surface area (Å²) in [6.07, 6.45) is 1.23. The first-order valence-electron chi connectivity index (χ1n) is 8.87. The Morgan fingerprint density at radius 3 is 2.23 bits per heavy atom. The van der Waals surface area contributed by atoms with Gasteiger partial charge in [-0.3, -0.25) is 14.4 Å². The summed E-state index contributed by atoms with van der Waals surface area (Å²) in [5, 5.41) is 34.8. The van der Waals surface area contributed by atoms with Crippen LogP contribution in [0.25, 0.3) is 0 Å². The topological polar surface area (TPSA) is 220 Å². The fourth-order valence-electron chi connectivity index (χ4n) is 2.30. The van der Waals surface area contributed by atoms with Crippen LogP contribution in [0.3, 0.4) is 0 Å². The summed E-state index contributed by atoms with van der Waals surface area (Å²) in [6.45, 7) is 0.407. The number of carbonyl (C=O) groups is 4. The molecule has 0 aliphatic carbocycles. The minimum absolute atomic E-state index is 0.00633. The third kappa shape index (κ3) is 7.62. The summed E-state index contributed by atoms with van der Waals surface area (Å²) in [4.78, 5) is 54.7. The van der Waals surface area contributed by atoms with Gasteiger partial charge in [0.1, 0.15) is 12.1 Å². The quantitative estimate of drug-likeness (QED) is 0.143. The van der Waals surface area contributed by atoms with Gasteiger partial charge in [0.15, 0.2) is 6.04 Å². The van der Waals surface area contributed by atoms with Gasteiger partial charge < -0.3 is 42.0 Å². The molecular formula is C16H26N6O7S. The van der Waals surface area contributed by atoms with Crippen molar-refractivity contribution in [1.82, 2.24) is 25.9 Å². The predicted octanol–water partition coefficient (Wildman–Crippen LogP) is -3.88. The maximum absolute atomic E-state index is 12.6. The van der Waals surface area contributed by atoms with Crippen LogP contribution in [0.2, 0.25) is 0 Å². The van der Waals surface area contributed by atoms with Crippen molar-refractivity contribution in [2.24, 2.45) is 5.73 Å². The fraction of sp³-hybridized carbons (Fsp3) is 0.562. The van der Waals surface area contributed by atoms with Gasteiger partial charge in [-0.2, -0.15) is 12.6 Å². The molecule has 1 rings (SSSR count). The number of carboxylic acids is 1. The monoisotopic (exact) mass is 446 g/mol. The Kier molecular flexibility index (Phi) is 10.2. The van der Waals surface area contributed by atoms with Crippen molar-refractivity contribution in [1.29, 1.82) is 0 Å². The lowest BCUT2D eigenvalue weighted by Gasteiger charge is -2.24. The lowest BCUT2D eigenvalue weighted by atomic mass is 10.1. The second-order valence-corrected chi connectivity index (χ2v) is 6.81. The molecule has 1 aromatic rings. The van der Waals surface area contributed by atoms with E-state index in [1.54, 1.807) is 0 Å².